The van der Waals surface area contributed by atoms with E-state index in [2.05, 4.69) is 48.5 Å². The van der Waals surface area contributed by atoms with Crippen molar-refractivity contribution in [3.05, 3.63) is 119 Å². The van der Waals surface area contributed by atoms with Gasteiger partial charge in [-0.2, -0.15) is 0 Å². The smallest absolute Gasteiger partial charge is 0.194 e. The van der Waals surface area contributed by atoms with Gasteiger partial charge in [0.2, 0.25) is 0 Å². The van der Waals surface area contributed by atoms with Crippen LogP contribution in [0.5, 0.6) is 0 Å². The van der Waals surface area contributed by atoms with Gasteiger partial charge in [0.1, 0.15) is 0 Å². The van der Waals surface area contributed by atoms with Crippen molar-refractivity contribution < 1.29 is 4.79 Å². The second kappa shape index (κ2) is 6.37. The fraction of sp³-hybridized carbons (Fsp3) is 0.0385. The highest BCUT2D eigenvalue weighted by atomic mass is 16.1. The van der Waals surface area contributed by atoms with Gasteiger partial charge >= 0.3 is 0 Å². The summed E-state index contributed by atoms with van der Waals surface area (Å²) in [5.41, 5.74) is 9.53. The summed E-state index contributed by atoms with van der Waals surface area (Å²) in [5.74, 6) is 0.149. The molecule has 128 valence electrons. The van der Waals surface area contributed by atoms with Crippen molar-refractivity contribution in [1.29, 1.82) is 0 Å². The Balaban J connectivity index is 0.000000119. The van der Waals surface area contributed by atoms with E-state index in [4.69, 9.17) is 0 Å². The quantitative estimate of drug-likeness (QED) is 0.322. The van der Waals surface area contributed by atoms with E-state index in [-0.39, 0.29) is 5.78 Å². The molecule has 0 unspecified atom stereocenters. The van der Waals surface area contributed by atoms with Crippen LogP contribution in [0.1, 0.15) is 27.0 Å². The lowest BCUT2D eigenvalue weighted by molar-refractivity contribution is 0.104. The van der Waals surface area contributed by atoms with Crippen molar-refractivity contribution in [2.24, 2.45) is 0 Å². The Morgan fingerprint density at radius 2 is 0.741 bits per heavy atom. The molecule has 0 aliphatic heterocycles. The second-order valence-corrected chi connectivity index (χ2v) is 6.91. The van der Waals surface area contributed by atoms with E-state index in [9.17, 15) is 4.79 Å². The molecule has 0 radical (unpaired) electrons. The Kier molecular flexibility index (Phi) is 3.72. The van der Waals surface area contributed by atoms with Crippen molar-refractivity contribution in [1.82, 2.24) is 0 Å². The molecule has 4 aromatic rings. The molecule has 1 heteroatoms. The first-order chi connectivity index (χ1) is 13.3. The van der Waals surface area contributed by atoms with E-state index in [0.29, 0.717) is 0 Å². The Labute approximate surface area is 158 Å². The average molecular weight is 346 g/mol. The van der Waals surface area contributed by atoms with Crippen LogP contribution in [0.3, 0.4) is 0 Å². The molecule has 0 heterocycles. The first kappa shape index (κ1) is 15.8. The predicted molar refractivity (Wildman–Crippen MR) is 110 cm³/mol. The zero-order valence-electron chi connectivity index (χ0n) is 14.9. The van der Waals surface area contributed by atoms with E-state index in [0.717, 1.165) is 28.7 Å². The number of hydrogen-bond donors (Lipinski definition) is 0. The fourth-order valence-corrected chi connectivity index (χ4v) is 4.06. The summed E-state index contributed by atoms with van der Waals surface area (Å²) in [6, 6.07) is 32.8. The Morgan fingerprint density at radius 1 is 0.407 bits per heavy atom. The molecular weight excluding hydrogens is 328 g/mol. The van der Waals surface area contributed by atoms with E-state index < -0.39 is 0 Å². The van der Waals surface area contributed by atoms with Crippen molar-refractivity contribution in [3.63, 3.8) is 0 Å². The van der Waals surface area contributed by atoms with Gasteiger partial charge in [-0.15, -0.1) is 0 Å². The van der Waals surface area contributed by atoms with Gasteiger partial charge in [0.05, 0.1) is 0 Å². The highest BCUT2D eigenvalue weighted by Gasteiger charge is 2.24. The Morgan fingerprint density at radius 3 is 1.19 bits per heavy atom. The SMILES string of the molecule is O=C1c2ccccc2-c2ccccc21.c1ccc2c(c1)Cc1ccccc1-2. The lowest BCUT2D eigenvalue weighted by atomic mass is 10.1. The lowest BCUT2D eigenvalue weighted by Crippen LogP contribution is -1.93. The molecule has 0 N–H and O–H groups in total. The largest absolute Gasteiger partial charge is 0.289 e. The van der Waals surface area contributed by atoms with Crippen LogP contribution in [-0.4, -0.2) is 5.78 Å². The minimum Gasteiger partial charge on any atom is -0.289 e. The molecule has 1 nitrogen and oxygen atoms in total. The zero-order chi connectivity index (χ0) is 18.2. The third-order valence-corrected chi connectivity index (χ3v) is 5.34. The molecular formula is C26H18O. The van der Waals surface area contributed by atoms with E-state index >= 15 is 0 Å². The standard InChI is InChI=1S/C13H8O.C13H10/c14-13-11-7-3-1-5-9(11)10-6-2-4-8-12(10)13;1-3-7-12-10(5-1)9-11-6-2-4-8-13(11)12/h1-8H;1-8H,9H2. The molecule has 0 fully saturated rings. The monoisotopic (exact) mass is 346 g/mol. The summed E-state index contributed by atoms with van der Waals surface area (Å²) < 4.78 is 0. The summed E-state index contributed by atoms with van der Waals surface area (Å²) in [6.45, 7) is 0. The van der Waals surface area contributed by atoms with Crippen LogP contribution in [-0.2, 0) is 6.42 Å². The molecule has 0 saturated carbocycles. The molecule has 0 spiro atoms. The number of carbonyl (C=O) groups excluding carboxylic acids is 1. The summed E-state index contributed by atoms with van der Waals surface area (Å²) in [5, 5.41) is 0. The summed E-state index contributed by atoms with van der Waals surface area (Å²) in [4.78, 5) is 11.9. The fourth-order valence-electron chi connectivity index (χ4n) is 4.06. The van der Waals surface area contributed by atoms with Crippen LogP contribution in [0.4, 0.5) is 0 Å². The Bertz CT molecular complexity index is 1080. The first-order valence-electron chi connectivity index (χ1n) is 9.22. The normalized spacial score (nSPS) is 12.4. The van der Waals surface area contributed by atoms with Crippen LogP contribution in [0.25, 0.3) is 22.3 Å². The molecule has 6 rings (SSSR count). The third-order valence-electron chi connectivity index (χ3n) is 5.34. The van der Waals surface area contributed by atoms with Crippen LogP contribution < -0.4 is 0 Å². The molecule has 2 aliphatic carbocycles. The van der Waals surface area contributed by atoms with Gasteiger partial charge in [0, 0.05) is 11.1 Å². The summed E-state index contributed by atoms with van der Waals surface area (Å²) >= 11 is 0. The highest BCUT2D eigenvalue weighted by molar-refractivity contribution is 6.21. The number of rotatable bonds is 0. The lowest BCUT2D eigenvalue weighted by Gasteiger charge is -1.98. The number of carbonyl (C=O) groups is 1. The minimum absolute atomic E-state index is 0.149. The van der Waals surface area contributed by atoms with Gasteiger partial charge in [-0.25, -0.2) is 0 Å². The average Bonchev–Trinajstić information content (AvgIpc) is 3.25. The van der Waals surface area contributed by atoms with Crippen LogP contribution >= 0.6 is 0 Å². The Hall–Kier alpha value is -3.45. The van der Waals surface area contributed by atoms with Crippen LogP contribution in [0.2, 0.25) is 0 Å². The first-order valence-corrected chi connectivity index (χ1v) is 9.22. The van der Waals surface area contributed by atoms with Crippen molar-refractivity contribution in [2.45, 2.75) is 6.42 Å². The number of fused-ring (bicyclic) bond motifs is 6. The molecule has 27 heavy (non-hydrogen) atoms. The zero-order valence-corrected chi connectivity index (χ0v) is 14.9. The van der Waals surface area contributed by atoms with Crippen LogP contribution in [0.15, 0.2) is 97.1 Å². The van der Waals surface area contributed by atoms with Crippen molar-refractivity contribution >= 4 is 5.78 Å². The molecule has 0 saturated heterocycles. The van der Waals surface area contributed by atoms with Gasteiger partial charge in [-0.3, -0.25) is 4.79 Å². The van der Waals surface area contributed by atoms with Crippen molar-refractivity contribution in [2.75, 3.05) is 0 Å². The number of ketones is 1. The third kappa shape index (κ3) is 2.60. The van der Waals surface area contributed by atoms with Gasteiger partial charge < -0.3 is 0 Å². The maximum absolute atomic E-state index is 11.9. The molecule has 4 aromatic carbocycles. The highest BCUT2D eigenvalue weighted by Crippen LogP contribution is 2.36. The molecule has 0 atom stereocenters. The number of hydrogen-bond acceptors (Lipinski definition) is 1. The topological polar surface area (TPSA) is 17.1 Å². The molecule has 0 amide bonds. The van der Waals surface area contributed by atoms with E-state index in [1.54, 1.807) is 0 Å². The van der Waals surface area contributed by atoms with Gasteiger partial charge in [-0.1, -0.05) is 97.1 Å². The van der Waals surface area contributed by atoms with Gasteiger partial charge in [-0.05, 0) is 39.8 Å². The predicted octanol–water partition coefficient (Wildman–Crippen LogP) is 6.16. The second-order valence-electron chi connectivity index (χ2n) is 6.91. The van der Waals surface area contributed by atoms with Crippen LogP contribution in [0, 0.1) is 0 Å². The molecule has 0 aromatic heterocycles. The molecule has 0 bridgehead atoms. The summed E-state index contributed by atoms with van der Waals surface area (Å²) in [6.07, 6.45) is 1.10. The van der Waals surface area contributed by atoms with Crippen molar-refractivity contribution in [3.8, 4) is 22.3 Å². The van der Waals surface area contributed by atoms with E-state index in [1.807, 2.05) is 48.5 Å². The van der Waals surface area contributed by atoms with Gasteiger partial charge in [0.25, 0.3) is 0 Å². The molecule has 2 aliphatic rings. The maximum Gasteiger partial charge on any atom is 0.194 e. The van der Waals surface area contributed by atoms with Gasteiger partial charge in [0.15, 0.2) is 5.78 Å². The summed E-state index contributed by atoms with van der Waals surface area (Å²) in [7, 11) is 0. The number of benzene rings is 4. The maximum atomic E-state index is 11.9. The minimum atomic E-state index is 0.149. The van der Waals surface area contributed by atoms with E-state index in [1.165, 1.54) is 22.3 Å².